The lowest BCUT2D eigenvalue weighted by atomic mass is 10.2. The van der Waals surface area contributed by atoms with Crippen LogP contribution in [0.2, 0.25) is 0 Å². The summed E-state index contributed by atoms with van der Waals surface area (Å²) in [5.41, 5.74) is 0.673. The van der Waals surface area contributed by atoms with Gasteiger partial charge in [-0.2, -0.15) is 13.5 Å². The molecule has 8 heteroatoms. The van der Waals surface area contributed by atoms with E-state index in [9.17, 15) is 8.42 Å². The molecule has 25 heavy (non-hydrogen) atoms. The van der Waals surface area contributed by atoms with E-state index in [0.717, 1.165) is 4.47 Å². The highest BCUT2D eigenvalue weighted by molar-refractivity contribution is 9.10. The zero-order valence-corrected chi connectivity index (χ0v) is 16.5. The predicted octanol–water partition coefficient (Wildman–Crippen LogP) is 3.56. The van der Waals surface area contributed by atoms with Gasteiger partial charge in [0, 0.05) is 4.47 Å². The van der Waals surface area contributed by atoms with Crippen molar-refractivity contribution in [2.24, 2.45) is 5.10 Å². The summed E-state index contributed by atoms with van der Waals surface area (Å²) in [7, 11) is -2.17. The molecule has 0 atom stereocenters. The van der Waals surface area contributed by atoms with Crippen LogP contribution in [0, 0.1) is 0 Å². The second kappa shape index (κ2) is 8.35. The summed E-state index contributed by atoms with van der Waals surface area (Å²) in [5, 5.41) is 3.81. The molecule has 0 radical (unpaired) electrons. The van der Waals surface area contributed by atoms with Gasteiger partial charge in [-0.3, -0.25) is 0 Å². The first kappa shape index (κ1) is 19.3. The van der Waals surface area contributed by atoms with Crippen LogP contribution in [0.1, 0.15) is 19.4 Å². The topological polar surface area (TPSA) is 77.0 Å². The Balaban J connectivity index is 2.12. The Hall–Kier alpha value is -2.06. The fourth-order valence-corrected chi connectivity index (χ4v) is 3.01. The third-order valence-electron chi connectivity index (χ3n) is 3.06. The molecule has 0 spiro atoms. The van der Waals surface area contributed by atoms with Gasteiger partial charge in [-0.15, -0.1) is 0 Å². The number of rotatable bonds is 7. The van der Waals surface area contributed by atoms with E-state index >= 15 is 0 Å². The zero-order valence-electron chi connectivity index (χ0n) is 14.1. The lowest BCUT2D eigenvalue weighted by Crippen LogP contribution is -2.18. The van der Waals surface area contributed by atoms with E-state index in [1.54, 1.807) is 37.4 Å². The Kier molecular flexibility index (Phi) is 6.44. The summed E-state index contributed by atoms with van der Waals surface area (Å²) in [5.74, 6) is 1.17. The number of halogens is 1. The van der Waals surface area contributed by atoms with E-state index in [1.807, 2.05) is 13.8 Å². The van der Waals surface area contributed by atoms with Gasteiger partial charge in [-0.1, -0.05) is 15.9 Å². The maximum atomic E-state index is 12.1. The molecule has 2 rings (SSSR count). The van der Waals surface area contributed by atoms with Crippen LogP contribution in [-0.4, -0.2) is 27.8 Å². The van der Waals surface area contributed by atoms with E-state index in [1.165, 1.54) is 18.3 Å². The average Bonchev–Trinajstić information content (AvgIpc) is 2.56. The van der Waals surface area contributed by atoms with Crippen LogP contribution in [-0.2, 0) is 10.0 Å². The first-order valence-corrected chi connectivity index (χ1v) is 9.74. The molecule has 0 heterocycles. The fraction of sp³-hybridized carbons (Fsp3) is 0.235. The number of nitrogens with one attached hydrogen (secondary N) is 1. The Morgan fingerprint density at radius 2 is 1.80 bits per heavy atom. The molecule has 0 aromatic heterocycles. The van der Waals surface area contributed by atoms with Crippen molar-refractivity contribution in [3.63, 3.8) is 0 Å². The lowest BCUT2D eigenvalue weighted by molar-refractivity contribution is 0.230. The van der Waals surface area contributed by atoms with Crippen molar-refractivity contribution in [1.29, 1.82) is 0 Å². The van der Waals surface area contributed by atoms with Crippen LogP contribution in [0.25, 0.3) is 0 Å². The van der Waals surface area contributed by atoms with Crippen LogP contribution >= 0.6 is 15.9 Å². The largest absolute Gasteiger partial charge is 0.493 e. The minimum atomic E-state index is -3.71. The quantitative estimate of drug-likeness (QED) is 0.542. The van der Waals surface area contributed by atoms with Gasteiger partial charge in [0.2, 0.25) is 0 Å². The lowest BCUT2D eigenvalue weighted by Gasteiger charge is -2.13. The normalized spacial score (nSPS) is 11.7. The first-order valence-electron chi connectivity index (χ1n) is 7.47. The van der Waals surface area contributed by atoms with Gasteiger partial charge in [0.1, 0.15) is 0 Å². The Labute approximate surface area is 156 Å². The molecule has 0 bridgehead atoms. The summed E-state index contributed by atoms with van der Waals surface area (Å²) < 4.78 is 36.0. The van der Waals surface area contributed by atoms with Gasteiger partial charge < -0.3 is 9.47 Å². The Morgan fingerprint density at radius 1 is 1.12 bits per heavy atom. The monoisotopic (exact) mass is 426 g/mol. The molecule has 0 unspecified atom stereocenters. The van der Waals surface area contributed by atoms with Gasteiger partial charge in [0.15, 0.2) is 11.5 Å². The summed E-state index contributed by atoms with van der Waals surface area (Å²) in [4.78, 5) is 2.31. The number of hydrogen-bond acceptors (Lipinski definition) is 5. The van der Waals surface area contributed by atoms with Gasteiger partial charge in [0.25, 0.3) is 10.0 Å². The summed E-state index contributed by atoms with van der Waals surface area (Å²) in [6.45, 7) is 3.84. The SMILES string of the molecule is COc1cc(/C=N/NS(=O)(=O)c2ccc(Br)cc2)ccc1OC(C)C. The second-order valence-electron chi connectivity index (χ2n) is 5.38. The molecule has 2 aromatic carbocycles. The second-order valence-corrected chi connectivity index (χ2v) is 7.96. The maximum Gasteiger partial charge on any atom is 0.276 e. The molecule has 134 valence electrons. The van der Waals surface area contributed by atoms with Crippen molar-refractivity contribution in [2.45, 2.75) is 24.8 Å². The molecule has 0 aliphatic carbocycles. The van der Waals surface area contributed by atoms with Gasteiger partial charge in [-0.05, 0) is 61.9 Å². The van der Waals surface area contributed by atoms with E-state index < -0.39 is 10.0 Å². The van der Waals surface area contributed by atoms with Crippen molar-refractivity contribution in [1.82, 2.24) is 4.83 Å². The molecule has 0 saturated carbocycles. The Bertz CT molecular complexity index is 849. The van der Waals surface area contributed by atoms with Gasteiger partial charge in [0.05, 0.1) is 24.3 Å². The zero-order chi connectivity index (χ0) is 18.4. The molecule has 0 saturated heterocycles. The highest BCUT2D eigenvalue weighted by Gasteiger charge is 2.12. The molecule has 0 aliphatic heterocycles. The van der Waals surface area contributed by atoms with Crippen LogP contribution in [0.4, 0.5) is 0 Å². The van der Waals surface area contributed by atoms with Crippen LogP contribution < -0.4 is 14.3 Å². The molecule has 2 aromatic rings. The fourth-order valence-electron chi connectivity index (χ4n) is 1.95. The van der Waals surface area contributed by atoms with Crippen molar-refractivity contribution in [3.05, 3.63) is 52.5 Å². The third kappa shape index (κ3) is 5.47. The number of nitrogens with zero attached hydrogens (tertiary/aromatic N) is 1. The minimum absolute atomic E-state index is 0.0196. The number of benzene rings is 2. The Morgan fingerprint density at radius 3 is 2.40 bits per heavy atom. The number of hydrazone groups is 1. The van der Waals surface area contributed by atoms with Crippen molar-refractivity contribution < 1.29 is 17.9 Å². The molecule has 0 amide bonds. The summed E-state index contributed by atoms with van der Waals surface area (Å²) in [6.07, 6.45) is 1.42. The highest BCUT2D eigenvalue weighted by atomic mass is 79.9. The smallest absolute Gasteiger partial charge is 0.276 e. The highest BCUT2D eigenvalue weighted by Crippen LogP contribution is 2.28. The average molecular weight is 427 g/mol. The third-order valence-corrected chi connectivity index (χ3v) is 4.83. The molecule has 1 N–H and O–H groups in total. The molecule has 0 fully saturated rings. The number of methoxy groups -OCH3 is 1. The molecular formula is C17H19BrN2O4S. The van der Waals surface area contributed by atoms with Crippen LogP contribution in [0.3, 0.4) is 0 Å². The van der Waals surface area contributed by atoms with Crippen molar-refractivity contribution >= 4 is 32.2 Å². The minimum Gasteiger partial charge on any atom is -0.493 e. The van der Waals surface area contributed by atoms with Crippen molar-refractivity contribution in [3.8, 4) is 11.5 Å². The summed E-state index contributed by atoms with van der Waals surface area (Å²) in [6, 6.07) is 11.5. The first-order chi connectivity index (χ1) is 11.8. The van der Waals surface area contributed by atoms with Crippen LogP contribution in [0.15, 0.2) is 56.9 Å². The molecule has 0 aliphatic rings. The van der Waals surface area contributed by atoms with Gasteiger partial charge in [-0.25, -0.2) is 4.83 Å². The molecular weight excluding hydrogens is 408 g/mol. The van der Waals surface area contributed by atoms with Crippen LogP contribution in [0.5, 0.6) is 11.5 Å². The van der Waals surface area contributed by atoms with E-state index in [-0.39, 0.29) is 11.0 Å². The number of sulfonamides is 1. The van der Waals surface area contributed by atoms with E-state index in [4.69, 9.17) is 9.47 Å². The van der Waals surface area contributed by atoms with Crippen molar-refractivity contribution in [2.75, 3.05) is 7.11 Å². The summed E-state index contributed by atoms with van der Waals surface area (Å²) >= 11 is 3.26. The van der Waals surface area contributed by atoms with E-state index in [0.29, 0.717) is 17.1 Å². The standard InChI is InChI=1S/C17H19BrN2O4S/c1-12(2)24-16-9-4-13(10-17(16)23-3)11-19-20-25(21,22)15-7-5-14(18)6-8-15/h4-12,20H,1-3H3/b19-11+. The number of ether oxygens (including phenoxy) is 2. The van der Waals surface area contributed by atoms with E-state index in [2.05, 4.69) is 25.9 Å². The van der Waals surface area contributed by atoms with Gasteiger partial charge >= 0.3 is 0 Å². The maximum absolute atomic E-state index is 12.1. The molecule has 6 nitrogen and oxygen atoms in total. The predicted molar refractivity (Wildman–Crippen MR) is 101 cm³/mol. The number of hydrogen-bond donors (Lipinski definition) is 1.